The van der Waals surface area contributed by atoms with Gasteiger partial charge in [-0.3, -0.25) is 19.8 Å². The van der Waals surface area contributed by atoms with Crippen molar-refractivity contribution in [2.75, 3.05) is 20.2 Å². The first-order valence-electron chi connectivity index (χ1n) is 5.80. The number of alkyl carbamates (subject to hydrolysis) is 1. The smallest absolute Gasteiger partial charge is 0.413 e. The highest BCUT2D eigenvalue weighted by atomic mass is 16.5. The molecule has 1 saturated heterocycles. The van der Waals surface area contributed by atoms with Gasteiger partial charge in [0.15, 0.2) is 0 Å². The van der Waals surface area contributed by atoms with E-state index in [0.29, 0.717) is 6.54 Å². The number of carbonyl (C=O) groups is 3. The number of likely N-dealkylation sites (tertiary alicyclic amines) is 1. The number of aliphatic carboxylic acids is 1. The van der Waals surface area contributed by atoms with Gasteiger partial charge in [0, 0.05) is 0 Å². The lowest BCUT2D eigenvalue weighted by Crippen LogP contribution is -2.52. The number of ether oxygens (including phenoxy) is 1. The van der Waals surface area contributed by atoms with Crippen LogP contribution in [0.3, 0.4) is 0 Å². The van der Waals surface area contributed by atoms with Crippen molar-refractivity contribution in [3.63, 3.8) is 0 Å². The molecule has 2 N–H and O–H groups in total. The topological polar surface area (TPSA) is 95.9 Å². The molecule has 7 nitrogen and oxygen atoms in total. The van der Waals surface area contributed by atoms with Gasteiger partial charge in [-0.15, -0.1) is 0 Å². The second-order valence-electron chi connectivity index (χ2n) is 4.41. The van der Waals surface area contributed by atoms with Crippen LogP contribution >= 0.6 is 0 Å². The number of hydrogen-bond donors (Lipinski definition) is 2. The first-order valence-corrected chi connectivity index (χ1v) is 5.80. The maximum absolute atomic E-state index is 11.5. The molecule has 1 fully saturated rings. The molecule has 7 heteroatoms. The predicted octanol–water partition coefficient (Wildman–Crippen LogP) is 0.0541. The summed E-state index contributed by atoms with van der Waals surface area (Å²) in [4.78, 5) is 35.1. The van der Waals surface area contributed by atoms with Gasteiger partial charge >= 0.3 is 12.1 Å². The Morgan fingerprint density at radius 1 is 1.44 bits per heavy atom. The predicted molar refractivity (Wildman–Crippen MR) is 61.9 cm³/mol. The summed E-state index contributed by atoms with van der Waals surface area (Å²) < 4.78 is 4.30. The van der Waals surface area contributed by atoms with Crippen LogP contribution in [0.2, 0.25) is 0 Å². The molecular weight excluding hydrogens is 240 g/mol. The first kappa shape index (κ1) is 14.4. The largest absolute Gasteiger partial charge is 0.480 e. The summed E-state index contributed by atoms with van der Waals surface area (Å²) in [5.74, 6) is -1.50. The molecular formula is C11H18N2O5. The molecule has 2 atom stereocenters. The Hall–Kier alpha value is -1.63. The summed E-state index contributed by atoms with van der Waals surface area (Å²) in [6.45, 7) is 2.27. The number of carboxylic acid groups (broad SMARTS) is 1. The fraction of sp³-hybridized carbons (Fsp3) is 0.727. The molecule has 0 saturated carbocycles. The molecule has 2 unspecified atom stereocenters. The highest BCUT2D eigenvalue weighted by Gasteiger charge is 2.35. The summed E-state index contributed by atoms with van der Waals surface area (Å²) in [5.41, 5.74) is 0. The zero-order chi connectivity index (χ0) is 13.7. The number of carboxylic acids is 1. The second kappa shape index (κ2) is 6.34. The Morgan fingerprint density at radius 2 is 2.11 bits per heavy atom. The molecule has 0 aromatic rings. The van der Waals surface area contributed by atoms with Crippen molar-refractivity contribution in [1.29, 1.82) is 0 Å². The number of piperidine rings is 1. The Kier molecular flexibility index (Phi) is 5.08. The monoisotopic (exact) mass is 258 g/mol. The van der Waals surface area contributed by atoms with E-state index in [4.69, 9.17) is 5.11 Å². The van der Waals surface area contributed by atoms with Gasteiger partial charge in [-0.25, -0.2) is 4.79 Å². The van der Waals surface area contributed by atoms with E-state index in [1.54, 1.807) is 4.90 Å². The highest BCUT2D eigenvalue weighted by molar-refractivity contribution is 5.93. The average molecular weight is 258 g/mol. The zero-order valence-corrected chi connectivity index (χ0v) is 10.5. The Bertz CT molecular complexity index is 344. The third-order valence-corrected chi connectivity index (χ3v) is 3.06. The molecule has 0 aromatic carbocycles. The quantitative estimate of drug-likeness (QED) is 0.742. The number of rotatable bonds is 3. The fourth-order valence-electron chi connectivity index (χ4n) is 2.24. The third-order valence-electron chi connectivity index (χ3n) is 3.06. The second-order valence-corrected chi connectivity index (χ2v) is 4.41. The van der Waals surface area contributed by atoms with E-state index < -0.39 is 24.0 Å². The number of amides is 2. The van der Waals surface area contributed by atoms with Crippen LogP contribution in [0.15, 0.2) is 0 Å². The number of nitrogens with one attached hydrogen (secondary N) is 1. The molecule has 102 valence electrons. The Labute approximate surface area is 105 Å². The van der Waals surface area contributed by atoms with Crippen molar-refractivity contribution in [3.8, 4) is 0 Å². The van der Waals surface area contributed by atoms with Crippen molar-refractivity contribution < 1.29 is 24.2 Å². The van der Waals surface area contributed by atoms with Crippen LogP contribution < -0.4 is 5.32 Å². The van der Waals surface area contributed by atoms with Gasteiger partial charge in [0.2, 0.25) is 5.91 Å². The third kappa shape index (κ3) is 3.69. The minimum absolute atomic E-state index is 0.0119. The molecule has 0 radical (unpaired) electrons. The van der Waals surface area contributed by atoms with Crippen molar-refractivity contribution in [2.24, 2.45) is 5.92 Å². The molecule has 0 bridgehead atoms. The molecule has 18 heavy (non-hydrogen) atoms. The van der Waals surface area contributed by atoms with Crippen LogP contribution in [0.5, 0.6) is 0 Å². The zero-order valence-electron chi connectivity index (χ0n) is 10.5. The van der Waals surface area contributed by atoms with Gasteiger partial charge in [0.05, 0.1) is 13.7 Å². The molecule has 1 heterocycles. The van der Waals surface area contributed by atoms with Gasteiger partial charge < -0.3 is 9.84 Å². The van der Waals surface area contributed by atoms with Gasteiger partial charge in [-0.1, -0.05) is 6.92 Å². The van der Waals surface area contributed by atoms with E-state index in [0.717, 1.165) is 20.0 Å². The number of methoxy groups -OCH3 is 1. The standard InChI is InChI=1S/C11H18N2O5/c1-7-4-3-5-13(9(7)10(15)16)6-8(14)12-11(17)18-2/h7,9H,3-6H2,1-2H3,(H,15,16)(H,12,14,17). The average Bonchev–Trinajstić information content (AvgIpc) is 2.28. The maximum Gasteiger partial charge on any atom is 0.413 e. The lowest BCUT2D eigenvalue weighted by molar-refractivity contribution is -0.147. The van der Waals surface area contributed by atoms with Crippen molar-refractivity contribution in [1.82, 2.24) is 10.2 Å². The number of carbonyl (C=O) groups excluding carboxylic acids is 2. The van der Waals surface area contributed by atoms with Crippen LogP contribution in [0.4, 0.5) is 4.79 Å². The highest BCUT2D eigenvalue weighted by Crippen LogP contribution is 2.23. The summed E-state index contributed by atoms with van der Waals surface area (Å²) in [5, 5.41) is 11.2. The minimum atomic E-state index is -0.937. The van der Waals surface area contributed by atoms with E-state index in [2.05, 4.69) is 4.74 Å². The van der Waals surface area contributed by atoms with E-state index in [-0.39, 0.29) is 12.5 Å². The first-order chi connectivity index (χ1) is 8.45. The van der Waals surface area contributed by atoms with E-state index in [1.807, 2.05) is 12.2 Å². The molecule has 1 rings (SSSR count). The van der Waals surface area contributed by atoms with Gasteiger partial charge in [-0.2, -0.15) is 0 Å². The summed E-state index contributed by atoms with van der Waals surface area (Å²) >= 11 is 0. The number of nitrogens with zero attached hydrogens (tertiary/aromatic N) is 1. The Balaban J connectivity index is 2.60. The minimum Gasteiger partial charge on any atom is -0.480 e. The van der Waals surface area contributed by atoms with Crippen molar-refractivity contribution in [2.45, 2.75) is 25.8 Å². The molecule has 2 amide bonds. The molecule has 0 aromatic heterocycles. The van der Waals surface area contributed by atoms with Gasteiger partial charge in [-0.05, 0) is 25.3 Å². The van der Waals surface area contributed by atoms with Crippen LogP contribution in [0.25, 0.3) is 0 Å². The van der Waals surface area contributed by atoms with E-state index in [9.17, 15) is 14.4 Å². The number of hydrogen-bond acceptors (Lipinski definition) is 5. The van der Waals surface area contributed by atoms with Gasteiger partial charge in [0.1, 0.15) is 6.04 Å². The van der Waals surface area contributed by atoms with Gasteiger partial charge in [0.25, 0.3) is 0 Å². The lowest BCUT2D eigenvalue weighted by atomic mass is 9.91. The van der Waals surface area contributed by atoms with E-state index >= 15 is 0 Å². The molecule has 1 aliphatic heterocycles. The Morgan fingerprint density at radius 3 is 2.67 bits per heavy atom. The van der Waals surface area contributed by atoms with Crippen LogP contribution in [-0.2, 0) is 14.3 Å². The number of imide groups is 1. The SMILES string of the molecule is COC(=O)NC(=O)CN1CCCC(C)C1C(=O)O. The summed E-state index contributed by atoms with van der Waals surface area (Å²) in [6, 6.07) is -0.679. The fourth-order valence-corrected chi connectivity index (χ4v) is 2.24. The molecule has 0 aliphatic carbocycles. The van der Waals surface area contributed by atoms with Crippen LogP contribution in [-0.4, -0.2) is 54.2 Å². The van der Waals surface area contributed by atoms with Crippen molar-refractivity contribution in [3.05, 3.63) is 0 Å². The van der Waals surface area contributed by atoms with Crippen LogP contribution in [0, 0.1) is 5.92 Å². The molecule has 0 spiro atoms. The van der Waals surface area contributed by atoms with Crippen molar-refractivity contribution >= 4 is 18.0 Å². The van der Waals surface area contributed by atoms with E-state index in [1.165, 1.54) is 0 Å². The lowest BCUT2D eigenvalue weighted by Gasteiger charge is -2.36. The molecule has 1 aliphatic rings. The van der Waals surface area contributed by atoms with Crippen LogP contribution in [0.1, 0.15) is 19.8 Å². The maximum atomic E-state index is 11.5. The normalized spacial score (nSPS) is 24.3. The summed E-state index contributed by atoms with van der Waals surface area (Å²) in [7, 11) is 1.16. The summed E-state index contributed by atoms with van der Waals surface area (Å²) in [6.07, 6.45) is 0.833.